The number of benzene rings is 2. The molecule has 3 rings (SSSR count). The van der Waals surface area contributed by atoms with Gasteiger partial charge in [-0.05, 0) is 36.4 Å². The van der Waals surface area contributed by atoms with Crippen molar-refractivity contribution in [2.24, 2.45) is 0 Å². The molecule has 0 atom stereocenters. The summed E-state index contributed by atoms with van der Waals surface area (Å²) in [5.74, 6) is 1.07. The number of ether oxygens (including phenoxy) is 2. The molecule has 2 aromatic rings. The summed E-state index contributed by atoms with van der Waals surface area (Å²) in [6.07, 6.45) is 0. The number of nitriles is 1. The van der Waals surface area contributed by atoms with Gasteiger partial charge in [0, 0.05) is 37.4 Å². The molecule has 140 valence electrons. The number of nitrogens with two attached hydrogens (primary N) is 1. The van der Waals surface area contributed by atoms with E-state index in [-0.39, 0.29) is 5.91 Å². The lowest BCUT2D eigenvalue weighted by Crippen LogP contribution is -2.49. The van der Waals surface area contributed by atoms with Gasteiger partial charge in [-0.1, -0.05) is 0 Å². The highest BCUT2D eigenvalue weighted by Crippen LogP contribution is 2.29. The minimum absolute atomic E-state index is 0.0478. The number of hydrogen-bond donors (Lipinski definition) is 1. The number of hydrogen-bond acceptors (Lipinski definition) is 6. The van der Waals surface area contributed by atoms with Crippen LogP contribution in [0.4, 0.5) is 11.4 Å². The summed E-state index contributed by atoms with van der Waals surface area (Å²) in [5.41, 5.74) is 8.29. The zero-order valence-corrected chi connectivity index (χ0v) is 15.4. The van der Waals surface area contributed by atoms with Crippen LogP contribution in [0.15, 0.2) is 36.4 Å². The Bertz CT molecular complexity index is 883. The van der Waals surface area contributed by atoms with Crippen molar-refractivity contribution in [1.29, 1.82) is 5.26 Å². The van der Waals surface area contributed by atoms with E-state index in [1.165, 1.54) is 0 Å². The lowest BCUT2D eigenvalue weighted by atomic mass is 10.1. The second kappa shape index (κ2) is 7.87. The van der Waals surface area contributed by atoms with Gasteiger partial charge in [-0.15, -0.1) is 0 Å². The zero-order valence-electron chi connectivity index (χ0n) is 15.4. The SMILES string of the molecule is COc1ccc(C(=O)N2CCN(c3ccc(N)cc3C#N)CC2)cc1OC. The Hall–Kier alpha value is -3.40. The average Bonchev–Trinajstić information content (AvgIpc) is 2.72. The van der Waals surface area contributed by atoms with Gasteiger partial charge in [0.25, 0.3) is 5.91 Å². The van der Waals surface area contributed by atoms with E-state index in [0.717, 1.165) is 5.69 Å². The van der Waals surface area contributed by atoms with Gasteiger partial charge in [-0.3, -0.25) is 4.79 Å². The number of carbonyl (C=O) groups excluding carboxylic acids is 1. The molecule has 7 nitrogen and oxygen atoms in total. The van der Waals surface area contributed by atoms with E-state index in [1.54, 1.807) is 49.5 Å². The Balaban J connectivity index is 1.71. The van der Waals surface area contributed by atoms with Gasteiger partial charge >= 0.3 is 0 Å². The van der Waals surface area contributed by atoms with Crippen LogP contribution >= 0.6 is 0 Å². The first kappa shape index (κ1) is 18.4. The maximum absolute atomic E-state index is 12.8. The van der Waals surface area contributed by atoms with Crippen molar-refractivity contribution < 1.29 is 14.3 Å². The van der Waals surface area contributed by atoms with Crippen LogP contribution in [-0.2, 0) is 0 Å². The van der Waals surface area contributed by atoms with Crippen LogP contribution in [0.25, 0.3) is 0 Å². The lowest BCUT2D eigenvalue weighted by Gasteiger charge is -2.36. The number of piperazine rings is 1. The van der Waals surface area contributed by atoms with Crippen LogP contribution in [0.3, 0.4) is 0 Å². The zero-order chi connectivity index (χ0) is 19.4. The minimum atomic E-state index is -0.0478. The van der Waals surface area contributed by atoms with Crippen LogP contribution in [0.2, 0.25) is 0 Å². The number of rotatable bonds is 4. The summed E-state index contributed by atoms with van der Waals surface area (Å²) in [6.45, 7) is 2.44. The second-order valence-corrected chi connectivity index (χ2v) is 6.24. The molecule has 7 heteroatoms. The molecule has 0 spiro atoms. The molecule has 1 saturated heterocycles. The number of nitrogens with zero attached hydrogens (tertiary/aromatic N) is 3. The van der Waals surface area contributed by atoms with Crippen molar-refractivity contribution in [3.63, 3.8) is 0 Å². The molecule has 1 fully saturated rings. The van der Waals surface area contributed by atoms with E-state index >= 15 is 0 Å². The van der Waals surface area contributed by atoms with Gasteiger partial charge < -0.3 is 25.0 Å². The first-order valence-corrected chi connectivity index (χ1v) is 8.63. The van der Waals surface area contributed by atoms with Crippen molar-refractivity contribution in [3.8, 4) is 17.6 Å². The quantitative estimate of drug-likeness (QED) is 0.834. The predicted octanol–water partition coefficient (Wildman–Crippen LogP) is 2.12. The first-order valence-electron chi connectivity index (χ1n) is 8.63. The first-order chi connectivity index (χ1) is 13.1. The van der Waals surface area contributed by atoms with E-state index < -0.39 is 0 Å². The fourth-order valence-electron chi connectivity index (χ4n) is 3.22. The molecule has 1 amide bonds. The molecule has 1 aliphatic rings. The van der Waals surface area contributed by atoms with Crippen LogP contribution in [0.1, 0.15) is 15.9 Å². The Morgan fingerprint density at radius 1 is 1.04 bits per heavy atom. The molecule has 1 heterocycles. The van der Waals surface area contributed by atoms with Crippen molar-refractivity contribution in [3.05, 3.63) is 47.5 Å². The van der Waals surface area contributed by atoms with Gasteiger partial charge in [0.2, 0.25) is 0 Å². The summed E-state index contributed by atoms with van der Waals surface area (Å²) >= 11 is 0. The van der Waals surface area contributed by atoms with Gasteiger partial charge in [0.15, 0.2) is 11.5 Å². The number of nitrogen functional groups attached to an aromatic ring is 1. The van der Waals surface area contributed by atoms with Crippen LogP contribution in [-0.4, -0.2) is 51.2 Å². The van der Waals surface area contributed by atoms with E-state index in [0.29, 0.717) is 54.5 Å². The molecule has 0 aromatic heterocycles. The fourth-order valence-corrected chi connectivity index (χ4v) is 3.22. The van der Waals surface area contributed by atoms with Gasteiger partial charge in [0.1, 0.15) is 6.07 Å². The fraction of sp³-hybridized carbons (Fsp3) is 0.300. The minimum Gasteiger partial charge on any atom is -0.493 e. The van der Waals surface area contributed by atoms with Gasteiger partial charge in [0.05, 0.1) is 25.5 Å². The highest BCUT2D eigenvalue weighted by atomic mass is 16.5. The maximum Gasteiger partial charge on any atom is 0.254 e. The monoisotopic (exact) mass is 366 g/mol. The Morgan fingerprint density at radius 3 is 2.37 bits per heavy atom. The molecule has 0 aliphatic carbocycles. The predicted molar refractivity (Wildman–Crippen MR) is 103 cm³/mol. The summed E-state index contributed by atoms with van der Waals surface area (Å²) in [5, 5.41) is 9.34. The summed E-state index contributed by atoms with van der Waals surface area (Å²) in [4.78, 5) is 16.7. The van der Waals surface area contributed by atoms with Crippen molar-refractivity contribution in [1.82, 2.24) is 4.90 Å². The summed E-state index contributed by atoms with van der Waals surface area (Å²) in [6, 6.07) is 12.7. The highest BCUT2D eigenvalue weighted by molar-refractivity contribution is 5.95. The maximum atomic E-state index is 12.8. The molecule has 0 unspecified atom stereocenters. The standard InChI is InChI=1S/C20H22N4O3/c1-26-18-6-3-14(12-19(18)27-2)20(25)24-9-7-23(8-10-24)17-5-4-16(22)11-15(17)13-21/h3-6,11-12H,7-10,22H2,1-2H3. The second-order valence-electron chi connectivity index (χ2n) is 6.24. The summed E-state index contributed by atoms with van der Waals surface area (Å²) < 4.78 is 10.5. The van der Waals surface area contributed by atoms with Crippen LogP contribution in [0, 0.1) is 11.3 Å². The molecule has 0 radical (unpaired) electrons. The molecule has 2 N–H and O–H groups in total. The Kier molecular flexibility index (Phi) is 5.36. The largest absolute Gasteiger partial charge is 0.493 e. The molecule has 2 aromatic carbocycles. The number of anilines is 2. The Labute approximate surface area is 158 Å². The van der Waals surface area contributed by atoms with Crippen molar-refractivity contribution >= 4 is 17.3 Å². The normalized spacial score (nSPS) is 13.8. The third-order valence-corrected chi connectivity index (χ3v) is 4.68. The molecular formula is C20H22N4O3. The smallest absolute Gasteiger partial charge is 0.254 e. The van der Waals surface area contributed by atoms with Crippen LogP contribution in [0.5, 0.6) is 11.5 Å². The van der Waals surface area contributed by atoms with Gasteiger partial charge in [-0.25, -0.2) is 0 Å². The molecule has 1 aliphatic heterocycles. The van der Waals surface area contributed by atoms with Crippen LogP contribution < -0.4 is 20.1 Å². The molecule has 0 bridgehead atoms. The number of methoxy groups -OCH3 is 2. The van der Waals surface area contributed by atoms with E-state index in [1.807, 2.05) is 6.07 Å². The Morgan fingerprint density at radius 2 is 1.74 bits per heavy atom. The third-order valence-electron chi connectivity index (χ3n) is 4.68. The van der Waals surface area contributed by atoms with E-state index in [2.05, 4.69) is 11.0 Å². The van der Waals surface area contributed by atoms with Gasteiger partial charge in [-0.2, -0.15) is 5.26 Å². The molecule has 0 saturated carbocycles. The third kappa shape index (κ3) is 3.75. The number of carbonyl (C=O) groups is 1. The van der Waals surface area contributed by atoms with Crippen molar-refractivity contribution in [2.45, 2.75) is 0 Å². The number of amides is 1. The highest BCUT2D eigenvalue weighted by Gasteiger charge is 2.24. The lowest BCUT2D eigenvalue weighted by molar-refractivity contribution is 0.0746. The summed E-state index contributed by atoms with van der Waals surface area (Å²) in [7, 11) is 3.11. The molecule has 27 heavy (non-hydrogen) atoms. The van der Waals surface area contributed by atoms with E-state index in [9.17, 15) is 10.1 Å². The topological polar surface area (TPSA) is 91.8 Å². The van der Waals surface area contributed by atoms with E-state index in [4.69, 9.17) is 15.2 Å². The molecular weight excluding hydrogens is 344 g/mol. The average molecular weight is 366 g/mol. The van der Waals surface area contributed by atoms with Crippen molar-refractivity contribution in [2.75, 3.05) is 51.0 Å².